The van der Waals surface area contributed by atoms with E-state index in [0.717, 1.165) is 31.2 Å². The summed E-state index contributed by atoms with van der Waals surface area (Å²) < 4.78 is 10.6. The molecule has 1 aliphatic heterocycles. The number of hydrogen-bond acceptors (Lipinski definition) is 5. The van der Waals surface area contributed by atoms with Crippen LogP contribution in [0.4, 0.5) is 0 Å². The fraction of sp³-hybridized carbons (Fsp3) is 0.375. The fourth-order valence-corrected chi connectivity index (χ4v) is 2.84. The van der Waals surface area contributed by atoms with Crippen LogP contribution in [0.5, 0.6) is 11.5 Å². The van der Waals surface area contributed by atoms with E-state index >= 15 is 0 Å². The van der Waals surface area contributed by atoms with E-state index < -0.39 is 0 Å². The molecule has 1 aliphatic carbocycles. The Hall–Kier alpha value is -2.54. The van der Waals surface area contributed by atoms with Crippen LogP contribution >= 0.6 is 0 Å². The summed E-state index contributed by atoms with van der Waals surface area (Å²) in [7, 11) is 0. The van der Waals surface area contributed by atoms with E-state index in [4.69, 9.17) is 14.3 Å². The number of amides is 1. The van der Waals surface area contributed by atoms with Crippen molar-refractivity contribution in [1.82, 2.24) is 15.7 Å². The molecule has 23 heavy (non-hydrogen) atoms. The first-order valence-electron chi connectivity index (χ1n) is 7.71. The third kappa shape index (κ3) is 2.87. The summed E-state index contributed by atoms with van der Waals surface area (Å²) in [6, 6.07) is 7.23. The van der Waals surface area contributed by atoms with Crippen molar-refractivity contribution < 1.29 is 19.1 Å². The van der Waals surface area contributed by atoms with E-state index in [9.17, 15) is 4.79 Å². The Morgan fingerprint density at radius 1 is 1.22 bits per heavy atom. The molecule has 4 rings (SSSR count). The Labute approximate surface area is 132 Å². The lowest BCUT2D eigenvalue weighted by Gasteiger charge is -2.10. The lowest BCUT2D eigenvalue weighted by molar-refractivity contribution is -0.0127. The number of ether oxygens (including phenoxy) is 2. The third-order valence-corrected chi connectivity index (χ3v) is 4.11. The summed E-state index contributed by atoms with van der Waals surface area (Å²) in [5.74, 6) is 1.07. The third-order valence-electron chi connectivity index (χ3n) is 4.11. The van der Waals surface area contributed by atoms with Crippen LogP contribution in [0.3, 0.4) is 0 Å². The van der Waals surface area contributed by atoms with Crippen LogP contribution in [0.25, 0.3) is 11.3 Å². The number of rotatable bonds is 4. The molecular weight excluding hydrogens is 298 g/mol. The monoisotopic (exact) mass is 315 g/mol. The highest BCUT2D eigenvalue weighted by molar-refractivity contribution is 5.92. The molecule has 0 spiro atoms. The van der Waals surface area contributed by atoms with Gasteiger partial charge in [-0.2, -0.15) is 5.10 Å². The summed E-state index contributed by atoms with van der Waals surface area (Å²) in [6.07, 6.45) is 4.41. The second kappa shape index (κ2) is 5.92. The van der Waals surface area contributed by atoms with Gasteiger partial charge in [0.25, 0.3) is 5.91 Å². The minimum absolute atomic E-state index is 0.121. The Morgan fingerprint density at radius 3 is 2.91 bits per heavy atom. The molecule has 1 amide bonds. The first-order chi connectivity index (χ1) is 11.3. The molecular formula is C16H17N3O4. The average molecular weight is 315 g/mol. The predicted molar refractivity (Wildman–Crippen MR) is 81.0 cm³/mol. The van der Waals surface area contributed by atoms with Crippen molar-refractivity contribution in [2.24, 2.45) is 0 Å². The van der Waals surface area contributed by atoms with E-state index in [1.807, 2.05) is 18.2 Å². The SMILES string of the molecule is O=C(NOC1CCCC1)c1cc(-c2ccc3c(c2)OCO3)n[nH]1. The molecule has 1 aromatic carbocycles. The molecule has 1 fully saturated rings. The summed E-state index contributed by atoms with van der Waals surface area (Å²) in [5.41, 5.74) is 4.36. The minimum atomic E-state index is -0.323. The number of hydroxylamine groups is 1. The van der Waals surface area contributed by atoms with Crippen molar-refractivity contribution in [3.63, 3.8) is 0 Å². The second-order valence-electron chi connectivity index (χ2n) is 5.69. The number of benzene rings is 1. The molecule has 2 aromatic rings. The largest absolute Gasteiger partial charge is 0.454 e. The molecule has 1 aromatic heterocycles. The Morgan fingerprint density at radius 2 is 2.04 bits per heavy atom. The number of nitrogens with zero attached hydrogens (tertiary/aromatic N) is 1. The molecule has 7 heteroatoms. The number of carbonyl (C=O) groups excluding carboxylic acids is 1. The minimum Gasteiger partial charge on any atom is -0.454 e. The van der Waals surface area contributed by atoms with E-state index in [0.29, 0.717) is 22.9 Å². The van der Waals surface area contributed by atoms with Crippen LogP contribution in [0.15, 0.2) is 24.3 Å². The van der Waals surface area contributed by atoms with Crippen LogP contribution in [0.2, 0.25) is 0 Å². The van der Waals surface area contributed by atoms with Gasteiger partial charge in [0, 0.05) is 5.56 Å². The number of nitrogens with one attached hydrogen (secondary N) is 2. The van der Waals surface area contributed by atoms with E-state index in [-0.39, 0.29) is 18.8 Å². The van der Waals surface area contributed by atoms with Crippen LogP contribution < -0.4 is 15.0 Å². The molecule has 0 atom stereocenters. The Kier molecular flexibility index (Phi) is 3.63. The average Bonchev–Trinajstić information content (AvgIpc) is 3.32. The van der Waals surface area contributed by atoms with Gasteiger partial charge in [0.2, 0.25) is 6.79 Å². The van der Waals surface area contributed by atoms with Crippen molar-refractivity contribution in [1.29, 1.82) is 0 Å². The van der Waals surface area contributed by atoms with Crippen LogP contribution in [-0.2, 0) is 4.84 Å². The van der Waals surface area contributed by atoms with Crippen molar-refractivity contribution in [2.45, 2.75) is 31.8 Å². The zero-order valence-electron chi connectivity index (χ0n) is 12.5. The summed E-state index contributed by atoms with van der Waals surface area (Å²) in [6.45, 7) is 0.228. The number of aromatic nitrogens is 2. The van der Waals surface area contributed by atoms with E-state index in [1.54, 1.807) is 6.07 Å². The van der Waals surface area contributed by atoms with Crippen molar-refractivity contribution in [3.05, 3.63) is 30.0 Å². The maximum absolute atomic E-state index is 12.1. The van der Waals surface area contributed by atoms with Gasteiger partial charge in [0.05, 0.1) is 11.8 Å². The normalized spacial score (nSPS) is 16.7. The number of carbonyl (C=O) groups is 1. The smallest absolute Gasteiger partial charge is 0.292 e. The van der Waals surface area contributed by atoms with E-state index in [1.165, 1.54) is 0 Å². The van der Waals surface area contributed by atoms with Gasteiger partial charge in [-0.05, 0) is 37.1 Å². The molecule has 2 N–H and O–H groups in total. The summed E-state index contributed by atoms with van der Waals surface area (Å²) >= 11 is 0. The van der Waals surface area contributed by atoms with Crippen LogP contribution in [0, 0.1) is 0 Å². The highest BCUT2D eigenvalue weighted by Crippen LogP contribution is 2.35. The molecule has 7 nitrogen and oxygen atoms in total. The first-order valence-corrected chi connectivity index (χ1v) is 7.71. The highest BCUT2D eigenvalue weighted by atomic mass is 16.7. The van der Waals surface area contributed by atoms with Crippen LogP contribution in [-0.4, -0.2) is 29.0 Å². The number of aromatic amines is 1. The lowest BCUT2D eigenvalue weighted by atomic mass is 10.1. The summed E-state index contributed by atoms with van der Waals surface area (Å²) in [5, 5.41) is 6.91. The highest BCUT2D eigenvalue weighted by Gasteiger charge is 2.19. The Balaban J connectivity index is 1.44. The second-order valence-corrected chi connectivity index (χ2v) is 5.69. The van der Waals surface area contributed by atoms with Crippen molar-refractivity contribution in [3.8, 4) is 22.8 Å². The zero-order chi connectivity index (χ0) is 15.6. The fourth-order valence-electron chi connectivity index (χ4n) is 2.84. The molecule has 2 heterocycles. The number of hydrogen-bond donors (Lipinski definition) is 2. The maximum atomic E-state index is 12.1. The van der Waals surface area contributed by atoms with Gasteiger partial charge in [-0.1, -0.05) is 12.8 Å². The quantitative estimate of drug-likeness (QED) is 0.846. The van der Waals surface area contributed by atoms with Crippen molar-refractivity contribution >= 4 is 5.91 Å². The van der Waals surface area contributed by atoms with Gasteiger partial charge in [-0.25, -0.2) is 5.48 Å². The molecule has 0 saturated heterocycles. The van der Waals surface area contributed by atoms with Gasteiger partial charge in [-0.15, -0.1) is 0 Å². The first kappa shape index (κ1) is 14.1. The lowest BCUT2D eigenvalue weighted by Crippen LogP contribution is -2.28. The molecule has 2 aliphatic rings. The van der Waals surface area contributed by atoms with Gasteiger partial charge >= 0.3 is 0 Å². The Bertz CT molecular complexity index is 722. The number of fused-ring (bicyclic) bond motifs is 1. The van der Waals surface area contributed by atoms with Crippen LogP contribution in [0.1, 0.15) is 36.2 Å². The topological polar surface area (TPSA) is 85.5 Å². The molecule has 0 bridgehead atoms. The molecule has 0 radical (unpaired) electrons. The molecule has 120 valence electrons. The van der Waals surface area contributed by atoms with Crippen molar-refractivity contribution in [2.75, 3.05) is 6.79 Å². The maximum Gasteiger partial charge on any atom is 0.292 e. The van der Waals surface area contributed by atoms with Gasteiger partial charge in [-0.3, -0.25) is 14.7 Å². The van der Waals surface area contributed by atoms with E-state index in [2.05, 4.69) is 15.7 Å². The zero-order valence-corrected chi connectivity index (χ0v) is 12.5. The predicted octanol–water partition coefficient (Wildman–Crippen LogP) is 2.41. The van der Waals surface area contributed by atoms with Gasteiger partial charge in [0.1, 0.15) is 5.69 Å². The standard InChI is InChI=1S/C16H17N3O4/c20-16(19-23-11-3-1-2-4-11)13-8-12(17-18-13)10-5-6-14-15(7-10)22-9-21-14/h5-8,11H,1-4,9H2,(H,17,18)(H,19,20). The number of H-pyrrole nitrogens is 1. The summed E-state index contributed by atoms with van der Waals surface area (Å²) in [4.78, 5) is 17.5. The molecule has 1 saturated carbocycles. The van der Waals surface area contributed by atoms with Gasteiger partial charge < -0.3 is 9.47 Å². The van der Waals surface area contributed by atoms with Gasteiger partial charge in [0.15, 0.2) is 11.5 Å². The molecule has 0 unspecified atom stereocenters.